The van der Waals surface area contributed by atoms with Gasteiger partial charge in [0.2, 0.25) is 5.78 Å². The second kappa shape index (κ2) is 7.79. The van der Waals surface area contributed by atoms with Gasteiger partial charge in [-0.2, -0.15) is 0 Å². The van der Waals surface area contributed by atoms with Crippen molar-refractivity contribution < 1.29 is 19.8 Å². The minimum atomic E-state index is -0.894. The number of Topliss-reactive ketones (excluding diaryl/α,β-unsaturated/α-hetero) is 1. The molecule has 0 radical (unpaired) electrons. The molecule has 1 amide bonds. The third-order valence-electron chi connectivity index (χ3n) is 5.51. The number of carbonyl (C=O) groups excluding carboxylic acids is 2. The van der Waals surface area contributed by atoms with Gasteiger partial charge < -0.3 is 10.2 Å². The number of phenolic OH excluding ortho intramolecular Hbond substituents is 1. The summed E-state index contributed by atoms with van der Waals surface area (Å²) in [6.45, 7) is 5.51. The van der Waals surface area contributed by atoms with Crippen LogP contribution >= 0.6 is 22.7 Å². The average molecular weight is 478 g/mol. The number of aromatic nitrogens is 2. The van der Waals surface area contributed by atoms with Gasteiger partial charge in [-0.1, -0.05) is 29.5 Å². The van der Waals surface area contributed by atoms with Crippen LogP contribution in [0, 0.1) is 20.8 Å². The van der Waals surface area contributed by atoms with Crippen molar-refractivity contribution in [1.82, 2.24) is 9.97 Å². The van der Waals surface area contributed by atoms with Crippen LogP contribution in [0.4, 0.5) is 5.13 Å². The van der Waals surface area contributed by atoms with E-state index in [1.807, 2.05) is 25.1 Å². The zero-order chi connectivity index (χ0) is 23.4. The van der Waals surface area contributed by atoms with Crippen molar-refractivity contribution in [3.05, 3.63) is 80.5 Å². The molecule has 1 unspecified atom stereocenters. The number of hydrogen-bond acceptors (Lipinski definition) is 8. The first-order valence-electron chi connectivity index (χ1n) is 10.2. The Morgan fingerprint density at radius 2 is 1.73 bits per heavy atom. The normalized spacial score (nSPS) is 16.3. The Morgan fingerprint density at radius 3 is 2.39 bits per heavy atom. The predicted molar refractivity (Wildman–Crippen MR) is 128 cm³/mol. The molecule has 0 fully saturated rings. The topological polar surface area (TPSA) is 104 Å². The maximum Gasteiger partial charge on any atom is 0.296 e. The SMILES string of the molecule is Cc1ccc2nc(N3C(=O)C(O)=C(C(=O)c4sc(C)nc4C)C3c3ccc(O)cc3)sc2c1. The van der Waals surface area contributed by atoms with Crippen LogP contribution in [0.2, 0.25) is 0 Å². The van der Waals surface area contributed by atoms with Gasteiger partial charge in [0.25, 0.3) is 5.91 Å². The number of amides is 1. The van der Waals surface area contributed by atoms with Crippen molar-refractivity contribution in [3.8, 4) is 5.75 Å². The minimum Gasteiger partial charge on any atom is -0.508 e. The molecule has 9 heteroatoms. The molecule has 3 heterocycles. The van der Waals surface area contributed by atoms with Crippen LogP contribution in [0.5, 0.6) is 5.75 Å². The molecule has 166 valence electrons. The van der Waals surface area contributed by atoms with Crippen molar-refractivity contribution in [2.45, 2.75) is 26.8 Å². The van der Waals surface area contributed by atoms with E-state index in [2.05, 4.69) is 9.97 Å². The van der Waals surface area contributed by atoms with Gasteiger partial charge in [-0.05, 0) is 56.2 Å². The van der Waals surface area contributed by atoms with E-state index in [4.69, 9.17) is 0 Å². The van der Waals surface area contributed by atoms with Gasteiger partial charge in [0.1, 0.15) is 5.75 Å². The quantitative estimate of drug-likeness (QED) is 0.393. The molecule has 33 heavy (non-hydrogen) atoms. The number of aromatic hydroxyl groups is 1. The Bertz CT molecular complexity index is 1470. The van der Waals surface area contributed by atoms with Gasteiger partial charge in [-0.3, -0.25) is 14.5 Å². The third kappa shape index (κ3) is 3.49. The lowest BCUT2D eigenvalue weighted by Crippen LogP contribution is -2.30. The Kier molecular flexibility index (Phi) is 5.02. The number of aliphatic hydroxyl groups is 1. The molecule has 1 aliphatic rings. The molecular weight excluding hydrogens is 458 g/mol. The van der Waals surface area contributed by atoms with E-state index < -0.39 is 23.5 Å². The van der Waals surface area contributed by atoms with E-state index in [1.54, 1.807) is 26.0 Å². The number of thiazole rings is 2. The highest BCUT2D eigenvalue weighted by Crippen LogP contribution is 2.45. The van der Waals surface area contributed by atoms with E-state index >= 15 is 0 Å². The Morgan fingerprint density at radius 1 is 1.00 bits per heavy atom. The number of nitrogens with zero attached hydrogens (tertiary/aromatic N) is 3. The largest absolute Gasteiger partial charge is 0.508 e. The molecular formula is C24H19N3O4S2. The monoisotopic (exact) mass is 477 g/mol. The fraction of sp³-hybridized carbons (Fsp3) is 0.167. The van der Waals surface area contributed by atoms with Gasteiger partial charge in [-0.15, -0.1) is 11.3 Å². The first-order chi connectivity index (χ1) is 15.7. The molecule has 7 nitrogen and oxygen atoms in total. The fourth-order valence-corrected chi connectivity index (χ4v) is 5.96. The summed E-state index contributed by atoms with van der Waals surface area (Å²) in [7, 11) is 0. The van der Waals surface area contributed by atoms with Gasteiger partial charge in [-0.25, -0.2) is 9.97 Å². The van der Waals surface area contributed by atoms with Crippen molar-refractivity contribution >= 4 is 49.7 Å². The van der Waals surface area contributed by atoms with Crippen LogP contribution < -0.4 is 4.90 Å². The molecule has 1 atom stereocenters. The average Bonchev–Trinajstić information content (AvgIpc) is 3.41. The molecule has 0 spiro atoms. The summed E-state index contributed by atoms with van der Waals surface area (Å²) in [5.74, 6) is -1.67. The Hall–Kier alpha value is -3.56. The van der Waals surface area contributed by atoms with Gasteiger partial charge in [0.15, 0.2) is 10.9 Å². The molecule has 0 aliphatic carbocycles. The van der Waals surface area contributed by atoms with Crippen LogP contribution in [0.1, 0.15) is 37.5 Å². The second-order valence-corrected chi connectivity index (χ2v) is 10.1. The summed E-state index contributed by atoms with van der Waals surface area (Å²) in [5, 5.41) is 21.8. The van der Waals surface area contributed by atoms with Crippen LogP contribution in [0.3, 0.4) is 0 Å². The lowest BCUT2D eigenvalue weighted by atomic mass is 9.95. The summed E-state index contributed by atoms with van der Waals surface area (Å²) in [5.41, 5.74) is 2.89. The molecule has 2 aromatic carbocycles. The molecule has 0 saturated carbocycles. The van der Waals surface area contributed by atoms with Crippen molar-refractivity contribution in [2.75, 3.05) is 4.90 Å². The maximum absolute atomic E-state index is 13.6. The van der Waals surface area contributed by atoms with E-state index in [-0.39, 0.29) is 11.3 Å². The highest BCUT2D eigenvalue weighted by molar-refractivity contribution is 7.22. The number of benzene rings is 2. The fourth-order valence-electron chi connectivity index (χ4n) is 3.99. The molecule has 0 bridgehead atoms. The number of aryl methyl sites for hydroxylation is 3. The number of anilines is 1. The minimum absolute atomic E-state index is 0.0205. The number of carbonyl (C=O) groups is 2. The summed E-state index contributed by atoms with van der Waals surface area (Å²) in [4.78, 5) is 37.6. The molecule has 5 rings (SSSR count). The van der Waals surface area contributed by atoms with Crippen LogP contribution in [0.25, 0.3) is 10.2 Å². The van der Waals surface area contributed by atoms with Crippen LogP contribution in [0.15, 0.2) is 53.8 Å². The molecule has 0 saturated heterocycles. The van der Waals surface area contributed by atoms with Gasteiger partial charge in [0, 0.05) is 0 Å². The number of hydrogen-bond donors (Lipinski definition) is 2. The number of aliphatic hydroxyl groups excluding tert-OH is 1. The van der Waals surface area contributed by atoms with E-state index in [0.717, 1.165) is 20.8 Å². The number of ketones is 1. The standard InChI is InChI=1S/C24H19N3O4S2/c1-11-4-9-16-17(10-11)33-24(26-16)27-19(14-5-7-15(28)8-6-14)18(21(30)23(27)31)20(29)22-12(2)25-13(3)32-22/h4-10,19,28,30H,1-3H3. The first kappa shape index (κ1) is 21.3. The van der Waals surface area contributed by atoms with Gasteiger partial charge >= 0.3 is 0 Å². The van der Waals surface area contributed by atoms with Crippen molar-refractivity contribution in [1.29, 1.82) is 0 Å². The smallest absolute Gasteiger partial charge is 0.296 e. The van der Waals surface area contributed by atoms with Crippen molar-refractivity contribution in [3.63, 3.8) is 0 Å². The summed E-state index contributed by atoms with van der Waals surface area (Å²) in [6.07, 6.45) is 0. The molecule has 2 N–H and O–H groups in total. The maximum atomic E-state index is 13.6. The molecule has 4 aromatic rings. The summed E-state index contributed by atoms with van der Waals surface area (Å²) in [6, 6.07) is 11.1. The number of phenols is 1. The van der Waals surface area contributed by atoms with E-state index in [9.17, 15) is 19.8 Å². The second-order valence-electron chi connectivity index (χ2n) is 7.88. The first-order valence-corrected chi connectivity index (χ1v) is 11.8. The van der Waals surface area contributed by atoms with E-state index in [1.165, 1.54) is 39.7 Å². The zero-order valence-electron chi connectivity index (χ0n) is 18.0. The summed E-state index contributed by atoms with van der Waals surface area (Å²) >= 11 is 2.54. The van der Waals surface area contributed by atoms with Crippen molar-refractivity contribution in [2.24, 2.45) is 0 Å². The van der Waals surface area contributed by atoms with E-state index in [0.29, 0.717) is 21.3 Å². The molecule has 2 aromatic heterocycles. The number of rotatable bonds is 4. The Balaban J connectivity index is 1.69. The zero-order valence-corrected chi connectivity index (χ0v) is 19.6. The predicted octanol–water partition coefficient (Wildman–Crippen LogP) is 5.17. The molecule has 1 aliphatic heterocycles. The van der Waals surface area contributed by atoms with Gasteiger partial charge in [0.05, 0.1) is 37.4 Å². The number of fused-ring (bicyclic) bond motifs is 1. The van der Waals surface area contributed by atoms with Crippen LogP contribution in [-0.4, -0.2) is 31.9 Å². The van der Waals surface area contributed by atoms with Crippen LogP contribution in [-0.2, 0) is 4.79 Å². The Labute approximate surface area is 197 Å². The highest BCUT2D eigenvalue weighted by Gasteiger charge is 2.46. The summed E-state index contributed by atoms with van der Waals surface area (Å²) < 4.78 is 0.899. The third-order valence-corrected chi connectivity index (χ3v) is 7.60. The lowest BCUT2D eigenvalue weighted by Gasteiger charge is -2.24. The lowest BCUT2D eigenvalue weighted by molar-refractivity contribution is -0.117. The highest BCUT2D eigenvalue weighted by atomic mass is 32.1.